The molecule has 1 heterocycles. The molecule has 1 aromatic carbocycles. The zero-order valence-corrected chi connectivity index (χ0v) is 15.8. The Morgan fingerprint density at radius 3 is 2.12 bits per heavy atom. The van der Waals surface area contributed by atoms with Gasteiger partial charge in [-0.25, -0.2) is 0 Å². The lowest BCUT2D eigenvalue weighted by molar-refractivity contribution is -1.92. The predicted octanol–water partition coefficient (Wildman–Crippen LogP) is -0.337. The molecule has 0 amide bonds. The SMILES string of the molecule is CC[n+]1ccccc1C=CC=Cc1ccc(N(C)C)cc1.[O-][Cl+3]([O-])([O-])O. The summed E-state index contributed by atoms with van der Waals surface area (Å²) in [5.74, 6) is 0. The summed E-state index contributed by atoms with van der Waals surface area (Å²) in [5, 5.41) is 0. The summed E-state index contributed by atoms with van der Waals surface area (Å²) in [7, 11) is -0.590. The average Bonchev–Trinajstić information content (AvgIpc) is 2.58. The van der Waals surface area contributed by atoms with E-state index >= 15 is 0 Å². The van der Waals surface area contributed by atoms with E-state index in [1.54, 1.807) is 0 Å². The van der Waals surface area contributed by atoms with Crippen LogP contribution in [0.5, 0.6) is 0 Å². The molecule has 0 saturated carbocycles. The third kappa shape index (κ3) is 9.31. The first-order valence-corrected chi connectivity index (χ1v) is 9.21. The first kappa shape index (κ1) is 21.8. The van der Waals surface area contributed by atoms with Crippen molar-refractivity contribution in [2.75, 3.05) is 19.0 Å². The third-order valence-corrected chi connectivity index (χ3v) is 3.39. The molecule has 0 atom stereocenters. The monoisotopic (exact) mass is 379 g/mol. The molecule has 1 N–H and O–H groups in total. The molecule has 2 aromatic rings. The molecule has 0 spiro atoms. The summed E-state index contributed by atoms with van der Waals surface area (Å²) >= 11 is 0. The maximum absolute atomic E-state index is 8.60. The third-order valence-electron chi connectivity index (χ3n) is 3.39. The van der Waals surface area contributed by atoms with E-state index in [1.807, 2.05) is 0 Å². The van der Waals surface area contributed by atoms with Crippen LogP contribution in [0, 0.1) is 10.2 Å². The quantitative estimate of drug-likeness (QED) is 0.566. The van der Waals surface area contributed by atoms with E-state index in [1.165, 1.54) is 16.9 Å². The normalized spacial score (nSPS) is 11.5. The summed E-state index contributed by atoms with van der Waals surface area (Å²) < 4.78 is 34.9. The second kappa shape index (κ2) is 10.7. The Bertz CT molecular complexity index is 717. The van der Waals surface area contributed by atoms with Crippen LogP contribution in [0.3, 0.4) is 0 Å². The van der Waals surface area contributed by atoms with Crippen LogP contribution in [-0.4, -0.2) is 18.8 Å². The van der Waals surface area contributed by atoms with E-state index in [2.05, 4.69) is 103 Å². The Labute approximate surface area is 156 Å². The summed E-state index contributed by atoms with van der Waals surface area (Å²) in [6.45, 7) is 3.13. The van der Waals surface area contributed by atoms with Crippen LogP contribution in [-0.2, 0) is 6.54 Å². The van der Waals surface area contributed by atoms with Crippen molar-refractivity contribution >= 4 is 17.8 Å². The van der Waals surface area contributed by atoms with E-state index in [0.29, 0.717) is 0 Å². The molecule has 2 rings (SSSR count). The van der Waals surface area contributed by atoms with Crippen LogP contribution in [0.15, 0.2) is 60.8 Å². The van der Waals surface area contributed by atoms with Crippen LogP contribution in [0.25, 0.3) is 12.2 Å². The van der Waals surface area contributed by atoms with E-state index in [4.69, 9.17) is 18.6 Å². The molecule has 7 heteroatoms. The van der Waals surface area contributed by atoms with Crippen molar-refractivity contribution in [2.24, 2.45) is 0 Å². The zero-order valence-electron chi connectivity index (χ0n) is 15.1. The molecule has 6 nitrogen and oxygen atoms in total. The first-order chi connectivity index (χ1) is 12.2. The van der Waals surface area contributed by atoms with Crippen molar-refractivity contribution in [3.8, 4) is 0 Å². The summed E-state index contributed by atoms with van der Waals surface area (Å²) in [5.41, 5.74) is 3.64. The van der Waals surface area contributed by atoms with Crippen molar-refractivity contribution in [3.05, 3.63) is 72.1 Å². The molecule has 1 aromatic heterocycles. The van der Waals surface area contributed by atoms with Crippen LogP contribution in [0.4, 0.5) is 5.69 Å². The molecule has 0 bridgehead atoms. The van der Waals surface area contributed by atoms with E-state index < -0.39 is 10.2 Å². The second-order valence-electron chi connectivity index (χ2n) is 5.51. The van der Waals surface area contributed by atoms with Crippen molar-refractivity contribution < 1.29 is 33.4 Å². The first-order valence-electron chi connectivity index (χ1n) is 7.94. The van der Waals surface area contributed by atoms with Gasteiger partial charge in [0.2, 0.25) is 5.69 Å². The van der Waals surface area contributed by atoms with Gasteiger partial charge >= 0.3 is 0 Å². The van der Waals surface area contributed by atoms with Crippen molar-refractivity contribution in [2.45, 2.75) is 13.5 Å². The molecule has 140 valence electrons. The average molecular weight is 380 g/mol. The number of aromatic nitrogens is 1. The minimum atomic E-state index is -4.69. The number of halogens is 1. The Balaban J connectivity index is 0.000000597. The van der Waals surface area contributed by atoms with E-state index in [-0.39, 0.29) is 0 Å². The fourth-order valence-corrected chi connectivity index (χ4v) is 2.13. The standard InChI is InChI=1S/C19H23N2.ClHO4/c1-4-21-16-8-7-11-19(21)10-6-5-9-17-12-14-18(15-13-17)20(2)3;2-1(3,4)5/h5-16H,4H2,1-3H3;(H,2,3,4,5)/q+1;. The Morgan fingerprint density at radius 2 is 1.58 bits per heavy atom. The predicted molar refractivity (Wildman–Crippen MR) is 93.4 cm³/mol. The number of allylic oxidation sites excluding steroid dienone is 2. The number of hydrogen-bond donors (Lipinski definition) is 1. The molecule has 0 aliphatic rings. The van der Waals surface area contributed by atoms with Crippen LogP contribution < -0.4 is 23.4 Å². The van der Waals surface area contributed by atoms with Gasteiger partial charge in [-0.05, 0) is 30.7 Å². The molecule has 0 unspecified atom stereocenters. The largest absolute Gasteiger partial charge is 0.378 e. The Hall–Kier alpha value is -2.22. The molecular weight excluding hydrogens is 356 g/mol. The van der Waals surface area contributed by atoms with Gasteiger partial charge in [-0.3, -0.25) is 0 Å². The van der Waals surface area contributed by atoms with Gasteiger partial charge in [0.15, 0.2) is 6.20 Å². The molecular formula is C19H24ClN2O4+. The molecule has 0 aliphatic carbocycles. The summed E-state index contributed by atoms with van der Waals surface area (Å²) in [4.78, 5) is 2.10. The van der Waals surface area contributed by atoms with Gasteiger partial charge in [0.25, 0.3) is 0 Å². The fourth-order valence-electron chi connectivity index (χ4n) is 2.13. The number of anilines is 1. The van der Waals surface area contributed by atoms with Crippen molar-refractivity contribution in [1.29, 1.82) is 0 Å². The van der Waals surface area contributed by atoms with Gasteiger partial charge in [-0.2, -0.15) is 18.5 Å². The molecule has 26 heavy (non-hydrogen) atoms. The maximum Gasteiger partial charge on any atom is 0.205 e. The highest BCUT2D eigenvalue weighted by molar-refractivity contribution is 5.58. The highest BCUT2D eigenvalue weighted by atomic mass is 35.7. The lowest BCUT2D eigenvalue weighted by Crippen LogP contribution is -2.58. The highest BCUT2D eigenvalue weighted by Gasteiger charge is 2.01. The van der Waals surface area contributed by atoms with Gasteiger partial charge in [0, 0.05) is 38.0 Å². The number of nitrogens with zero attached hydrogens (tertiary/aromatic N) is 2. The number of aryl methyl sites for hydroxylation is 1. The van der Waals surface area contributed by atoms with Gasteiger partial charge < -0.3 is 4.90 Å². The Morgan fingerprint density at radius 1 is 1.00 bits per heavy atom. The maximum atomic E-state index is 8.60. The smallest absolute Gasteiger partial charge is 0.205 e. The zero-order chi connectivity index (χ0) is 19.6. The summed E-state index contributed by atoms with van der Waals surface area (Å²) in [6.07, 6.45) is 10.5. The number of benzene rings is 1. The minimum Gasteiger partial charge on any atom is -0.378 e. The van der Waals surface area contributed by atoms with Gasteiger partial charge in [-0.15, -0.1) is 0 Å². The summed E-state index contributed by atoms with van der Waals surface area (Å²) in [6, 6.07) is 14.8. The van der Waals surface area contributed by atoms with Crippen molar-refractivity contribution in [3.63, 3.8) is 0 Å². The highest BCUT2D eigenvalue weighted by Crippen LogP contribution is 2.13. The second-order valence-corrected chi connectivity index (χ2v) is 6.30. The van der Waals surface area contributed by atoms with Crippen LogP contribution in [0.1, 0.15) is 18.2 Å². The van der Waals surface area contributed by atoms with Gasteiger partial charge in [0.05, 0.1) is 14.9 Å². The number of pyridine rings is 1. The molecule has 0 saturated heterocycles. The topological polar surface area (TPSA) is 96.5 Å². The number of rotatable bonds is 5. The van der Waals surface area contributed by atoms with Gasteiger partial charge in [0.1, 0.15) is 6.54 Å². The lowest BCUT2D eigenvalue weighted by Gasteiger charge is -2.11. The van der Waals surface area contributed by atoms with E-state index in [0.717, 1.165) is 6.54 Å². The van der Waals surface area contributed by atoms with Gasteiger partial charge in [-0.1, -0.05) is 30.4 Å². The fraction of sp³-hybridized carbons (Fsp3) is 0.211. The molecule has 0 fully saturated rings. The van der Waals surface area contributed by atoms with Crippen molar-refractivity contribution in [1.82, 2.24) is 0 Å². The lowest BCUT2D eigenvalue weighted by atomic mass is 10.2. The Kier molecular flexibility index (Phi) is 8.98. The van der Waals surface area contributed by atoms with E-state index in [9.17, 15) is 0 Å². The minimum absolute atomic E-state index is 0.982. The van der Waals surface area contributed by atoms with Crippen LogP contribution in [0.2, 0.25) is 0 Å². The number of hydrogen-bond acceptors (Lipinski definition) is 5. The molecule has 0 aliphatic heterocycles. The molecule has 0 radical (unpaired) electrons. The van der Waals surface area contributed by atoms with Crippen LogP contribution >= 0.6 is 0 Å².